The van der Waals surface area contributed by atoms with Crippen LogP contribution in [0.15, 0.2) is 36.4 Å². The molecule has 0 spiro atoms. The van der Waals surface area contributed by atoms with Crippen LogP contribution in [0.2, 0.25) is 5.02 Å². The fourth-order valence-corrected chi connectivity index (χ4v) is 2.69. The fourth-order valence-electron chi connectivity index (χ4n) is 2.45. The normalized spacial score (nSPS) is 12.8. The van der Waals surface area contributed by atoms with Crippen LogP contribution in [0.5, 0.6) is 0 Å². The van der Waals surface area contributed by atoms with Gasteiger partial charge in [0.1, 0.15) is 11.9 Å². The molecule has 0 aliphatic carbocycles. The van der Waals surface area contributed by atoms with Gasteiger partial charge in [-0.15, -0.1) is 0 Å². The van der Waals surface area contributed by atoms with Crippen molar-refractivity contribution in [3.8, 4) is 0 Å². The van der Waals surface area contributed by atoms with Gasteiger partial charge < -0.3 is 10.6 Å². The number of hydrogen-bond donors (Lipinski definition) is 2. The first-order valence-corrected chi connectivity index (χ1v) is 8.57. The highest BCUT2D eigenvalue weighted by Gasteiger charge is 2.31. The molecule has 0 heterocycles. The van der Waals surface area contributed by atoms with Gasteiger partial charge in [0.2, 0.25) is 5.91 Å². The standard InChI is InChI=1S/C19H19ClF4N2O/c1-10(2)17(18(27)26-16-9-13(21)6-4-11(16)3)25-15-7-5-12(8-14(15)20)19(22,23)24/h4-10,17,25H,1-3H3,(H,26,27)/t17-/m0/s1. The largest absolute Gasteiger partial charge is 0.416 e. The monoisotopic (exact) mass is 402 g/mol. The number of nitrogens with one attached hydrogen (secondary N) is 2. The van der Waals surface area contributed by atoms with E-state index >= 15 is 0 Å². The van der Waals surface area contributed by atoms with Gasteiger partial charge in [-0.3, -0.25) is 4.79 Å². The zero-order valence-electron chi connectivity index (χ0n) is 14.9. The number of carbonyl (C=O) groups is 1. The molecule has 1 amide bonds. The third kappa shape index (κ3) is 5.35. The summed E-state index contributed by atoms with van der Waals surface area (Å²) in [5.41, 5.74) is 0.333. The molecule has 2 aromatic rings. The van der Waals surface area contributed by atoms with Crippen molar-refractivity contribution >= 4 is 28.9 Å². The Balaban J connectivity index is 2.23. The SMILES string of the molecule is Cc1ccc(F)cc1NC(=O)[C@@H](Nc1ccc(C(F)(F)F)cc1Cl)C(C)C. The summed E-state index contributed by atoms with van der Waals surface area (Å²) in [6.07, 6.45) is -4.51. The van der Waals surface area contributed by atoms with E-state index in [0.29, 0.717) is 11.3 Å². The molecule has 27 heavy (non-hydrogen) atoms. The quantitative estimate of drug-likeness (QED) is 0.613. The number of aryl methyl sites for hydroxylation is 1. The first-order valence-electron chi connectivity index (χ1n) is 8.19. The molecule has 0 aliphatic heterocycles. The zero-order valence-corrected chi connectivity index (χ0v) is 15.7. The molecule has 0 fully saturated rings. The van der Waals surface area contributed by atoms with Crippen LogP contribution < -0.4 is 10.6 Å². The number of benzene rings is 2. The Morgan fingerprint density at radius 3 is 2.30 bits per heavy atom. The molecule has 1 atom stereocenters. The molecule has 3 nitrogen and oxygen atoms in total. The highest BCUT2D eigenvalue weighted by Crippen LogP contribution is 2.34. The molecule has 0 aromatic heterocycles. The zero-order chi connectivity index (χ0) is 20.4. The molecule has 2 aromatic carbocycles. The molecule has 0 bridgehead atoms. The highest BCUT2D eigenvalue weighted by atomic mass is 35.5. The molecule has 0 saturated carbocycles. The van der Waals surface area contributed by atoms with Gasteiger partial charge >= 0.3 is 6.18 Å². The minimum absolute atomic E-state index is 0.148. The van der Waals surface area contributed by atoms with Crippen LogP contribution in [0.4, 0.5) is 28.9 Å². The van der Waals surface area contributed by atoms with Gasteiger partial charge in [0.25, 0.3) is 0 Å². The Hall–Kier alpha value is -2.28. The van der Waals surface area contributed by atoms with Crippen LogP contribution in [0.1, 0.15) is 25.0 Å². The third-order valence-electron chi connectivity index (χ3n) is 4.01. The number of alkyl halides is 3. The molecule has 8 heteroatoms. The predicted octanol–water partition coefficient (Wildman–Crippen LogP) is 5.88. The first-order chi connectivity index (χ1) is 12.5. The lowest BCUT2D eigenvalue weighted by Gasteiger charge is -2.24. The van der Waals surface area contributed by atoms with E-state index in [0.717, 1.165) is 12.1 Å². The number of amides is 1. The van der Waals surface area contributed by atoms with Gasteiger partial charge in [0, 0.05) is 5.69 Å². The van der Waals surface area contributed by atoms with Crippen molar-refractivity contribution in [2.45, 2.75) is 33.0 Å². The molecular weight excluding hydrogens is 384 g/mol. The molecule has 2 rings (SSSR count). The summed E-state index contributed by atoms with van der Waals surface area (Å²) in [4.78, 5) is 12.6. The summed E-state index contributed by atoms with van der Waals surface area (Å²) in [7, 11) is 0. The van der Waals surface area contributed by atoms with E-state index in [2.05, 4.69) is 10.6 Å². The van der Waals surface area contributed by atoms with Crippen LogP contribution >= 0.6 is 11.6 Å². The summed E-state index contributed by atoms with van der Waals surface area (Å²) in [6.45, 7) is 5.26. The molecule has 0 saturated heterocycles. The topological polar surface area (TPSA) is 41.1 Å². The Labute approximate surface area is 159 Å². The minimum Gasteiger partial charge on any atom is -0.372 e. The maximum atomic E-state index is 13.4. The van der Waals surface area contributed by atoms with E-state index in [1.165, 1.54) is 24.3 Å². The Morgan fingerprint density at radius 1 is 1.07 bits per heavy atom. The van der Waals surface area contributed by atoms with Crippen LogP contribution in [0.3, 0.4) is 0 Å². The van der Waals surface area contributed by atoms with Gasteiger partial charge in [-0.05, 0) is 48.7 Å². The van der Waals surface area contributed by atoms with Gasteiger partial charge in [-0.2, -0.15) is 13.2 Å². The second-order valence-electron chi connectivity index (χ2n) is 6.51. The van der Waals surface area contributed by atoms with E-state index < -0.39 is 29.5 Å². The van der Waals surface area contributed by atoms with Crippen LogP contribution in [0, 0.1) is 18.7 Å². The predicted molar refractivity (Wildman–Crippen MR) is 98.5 cm³/mol. The molecule has 0 radical (unpaired) electrons. The van der Waals surface area contributed by atoms with Crippen molar-refractivity contribution in [3.63, 3.8) is 0 Å². The second-order valence-corrected chi connectivity index (χ2v) is 6.91. The van der Waals surface area contributed by atoms with Crippen molar-refractivity contribution in [1.29, 1.82) is 0 Å². The summed E-state index contributed by atoms with van der Waals surface area (Å²) >= 11 is 5.95. The lowest BCUT2D eigenvalue weighted by atomic mass is 10.0. The van der Waals surface area contributed by atoms with Crippen molar-refractivity contribution in [2.75, 3.05) is 10.6 Å². The number of anilines is 2. The van der Waals surface area contributed by atoms with Gasteiger partial charge in [0.15, 0.2) is 0 Å². The number of carbonyl (C=O) groups excluding carboxylic acids is 1. The minimum atomic E-state index is -4.51. The molecule has 0 unspecified atom stereocenters. The average Bonchev–Trinajstić information content (AvgIpc) is 2.55. The maximum absolute atomic E-state index is 13.4. The van der Waals surface area contributed by atoms with Crippen molar-refractivity contribution in [2.24, 2.45) is 5.92 Å². The lowest BCUT2D eigenvalue weighted by Crippen LogP contribution is -2.39. The summed E-state index contributed by atoms with van der Waals surface area (Å²) in [5, 5.41) is 5.37. The molecular formula is C19H19ClF4N2O. The summed E-state index contributed by atoms with van der Waals surface area (Å²) in [6, 6.07) is 6.11. The Kier molecular flexibility index (Phi) is 6.36. The molecule has 0 aliphatic rings. The smallest absolute Gasteiger partial charge is 0.372 e. The van der Waals surface area contributed by atoms with Crippen molar-refractivity contribution in [3.05, 3.63) is 58.4 Å². The second kappa shape index (κ2) is 8.17. The lowest BCUT2D eigenvalue weighted by molar-refractivity contribution is -0.137. The van der Waals surface area contributed by atoms with Crippen LogP contribution in [-0.4, -0.2) is 11.9 Å². The van der Waals surface area contributed by atoms with E-state index in [1.54, 1.807) is 20.8 Å². The summed E-state index contributed by atoms with van der Waals surface area (Å²) in [5.74, 6) is -1.15. The number of halogens is 5. The van der Waals surface area contributed by atoms with Crippen LogP contribution in [-0.2, 0) is 11.0 Å². The first kappa shape index (κ1) is 21.0. The highest BCUT2D eigenvalue weighted by molar-refractivity contribution is 6.33. The van der Waals surface area contributed by atoms with E-state index in [-0.39, 0.29) is 16.6 Å². The van der Waals surface area contributed by atoms with Gasteiger partial charge in [-0.1, -0.05) is 31.5 Å². The van der Waals surface area contributed by atoms with E-state index in [4.69, 9.17) is 11.6 Å². The molecule has 146 valence electrons. The van der Waals surface area contributed by atoms with Crippen LogP contribution in [0.25, 0.3) is 0 Å². The van der Waals surface area contributed by atoms with E-state index in [1.807, 2.05) is 0 Å². The van der Waals surface area contributed by atoms with Crippen molar-refractivity contribution < 1.29 is 22.4 Å². The van der Waals surface area contributed by atoms with Gasteiger partial charge in [0.05, 0.1) is 16.3 Å². The Morgan fingerprint density at radius 2 is 1.74 bits per heavy atom. The van der Waals surface area contributed by atoms with E-state index in [9.17, 15) is 22.4 Å². The molecule has 2 N–H and O–H groups in total. The number of rotatable bonds is 5. The third-order valence-corrected chi connectivity index (χ3v) is 4.33. The Bertz CT molecular complexity index is 837. The summed E-state index contributed by atoms with van der Waals surface area (Å²) < 4.78 is 51.7. The van der Waals surface area contributed by atoms with Gasteiger partial charge in [-0.25, -0.2) is 4.39 Å². The maximum Gasteiger partial charge on any atom is 0.416 e. The fraction of sp³-hybridized carbons (Fsp3) is 0.316. The van der Waals surface area contributed by atoms with Crippen molar-refractivity contribution in [1.82, 2.24) is 0 Å². The number of hydrogen-bond acceptors (Lipinski definition) is 2. The average molecular weight is 403 g/mol.